The Morgan fingerprint density at radius 2 is 2.00 bits per heavy atom. The van der Waals surface area contributed by atoms with Crippen molar-refractivity contribution in [3.8, 4) is 0 Å². The van der Waals surface area contributed by atoms with Gasteiger partial charge in [-0.2, -0.15) is 0 Å². The molecule has 0 N–H and O–H groups in total. The summed E-state index contributed by atoms with van der Waals surface area (Å²) in [4.78, 5) is 13.1. The van der Waals surface area contributed by atoms with Crippen molar-refractivity contribution < 1.29 is 9.53 Å². The van der Waals surface area contributed by atoms with E-state index >= 15 is 0 Å². The number of ether oxygens (including phenoxy) is 1. The molecule has 0 spiro atoms. The minimum Gasteiger partial charge on any atom is -0.450 e. The molecule has 0 aromatic carbocycles. The highest BCUT2D eigenvalue weighted by molar-refractivity contribution is 5.67. The third kappa shape index (κ3) is 2.90. The fourth-order valence-corrected chi connectivity index (χ4v) is 1.84. The Balaban J connectivity index is 2.35. The monoisotopic (exact) mass is 185 g/mol. The third-order valence-electron chi connectivity index (χ3n) is 2.68. The summed E-state index contributed by atoms with van der Waals surface area (Å²) < 4.78 is 4.94. The van der Waals surface area contributed by atoms with Crippen molar-refractivity contribution in [2.45, 2.75) is 45.1 Å². The molecule has 3 heteroatoms. The number of carbonyl (C=O) groups is 1. The molecule has 0 unspecified atom stereocenters. The number of rotatable bonds is 2. The highest BCUT2D eigenvalue weighted by atomic mass is 16.6. The zero-order valence-corrected chi connectivity index (χ0v) is 8.58. The highest BCUT2D eigenvalue weighted by Gasteiger charge is 2.22. The fraction of sp³-hybridized carbons (Fsp3) is 0.900. The van der Waals surface area contributed by atoms with Crippen LogP contribution in [0.4, 0.5) is 4.79 Å². The van der Waals surface area contributed by atoms with E-state index in [-0.39, 0.29) is 6.09 Å². The molecule has 76 valence electrons. The summed E-state index contributed by atoms with van der Waals surface area (Å²) in [6.07, 6.45) is 5.90. The first kappa shape index (κ1) is 10.4. The van der Waals surface area contributed by atoms with Crippen molar-refractivity contribution in [1.29, 1.82) is 0 Å². The molecule has 0 bridgehead atoms. The molecule has 0 heterocycles. The Morgan fingerprint density at radius 3 is 2.54 bits per heavy atom. The number of hydrogen-bond acceptors (Lipinski definition) is 2. The lowest BCUT2D eigenvalue weighted by Gasteiger charge is -2.30. The summed E-state index contributed by atoms with van der Waals surface area (Å²) in [5.74, 6) is 0. The van der Waals surface area contributed by atoms with Crippen molar-refractivity contribution in [2.24, 2.45) is 0 Å². The van der Waals surface area contributed by atoms with Gasteiger partial charge in [0.05, 0.1) is 6.61 Å². The Kier molecular flexibility index (Phi) is 4.06. The first-order valence-corrected chi connectivity index (χ1v) is 5.15. The Labute approximate surface area is 80.1 Å². The van der Waals surface area contributed by atoms with Crippen LogP contribution in [0.5, 0.6) is 0 Å². The molecule has 1 rings (SSSR count). The molecule has 0 aromatic heterocycles. The molecular weight excluding hydrogens is 166 g/mol. The van der Waals surface area contributed by atoms with Crippen LogP contribution in [0.1, 0.15) is 39.0 Å². The van der Waals surface area contributed by atoms with Gasteiger partial charge in [-0.25, -0.2) is 4.79 Å². The molecule has 0 aliphatic heterocycles. The van der Waals surface area contributed by atoms with Crippen LogP contribution in [-0.2, 0) is 4.74 Å². The molecule has 1 saturated carbocycles. The van der Waals surface area contributed by atoms with Gasteiger partial charge in [0.15, 0.2) is 0 Å². The molecule has 1 fully saturated rings. The van der Waals surface area contributed by atoms with Crippen molar-refractivity contribution >= 4 is 6.09 Å². The fourth-order valence-electron chi connectivity index (χ4n) is 1.84. The predicted octanol–water partition coefficient (Wildman–Crippen LogP) is 2.41. The van der Waals surface area contributed by atoms with Crippen LogP contribution < -0.4 is 0 Å². The van der Waals surface area contributed by atoms with Crippen LogP contribution in [0, 0.1) is 0 Å². The van der Waals surface area contributed by atoms with E-state index in [1.54, 1.807) is 4.90 Å². The van der Waals surface area contributed by atoms with Crippen LogP contribution in [0.3, 0.4) is 0 Å². The second-order valence-corrected chi connectivity index (χ2v) is 3.60. The molecule has 1 amide bonds. The lowest BCUT2D eigenvalue weighted by Crippen LogP contribution is -2.38. The summed E-state index contributed by atoms with van der Waals surface area (Å²) in [5.41, 5.74) is 0. The van der Waals surface area contributed by atoms with E-state index in [2.05, 4.69) is 0 Å². The standard InChI is InChI=1S/C10H19NO2/c1-3-13-10(12)11(2)9-7-5-4-6-8-9/h9H,3-8H2,1-2H3. The van der Waals surface area contributed by atoms with Crippen LogP contribution >= 0.6 is 0 Å². The van der Waals surface area contributed by atoms with Gasteiger partial charge in [0, 0.05) is 13.1 Å². The van der Waals surface area contributed by atoms with Crippen LogP contribution in [0.25, 0.3) is 0 Å². The molecule has 1 aliphatic rings. The van der Waals surface area contributed by atoms with Crippen molar-refractivity contribution in [1.82, 2.24) is 4.90 Å². The van der Waals surface area contributed by atoms with Crippen LogP contribution in [-0.4, -0.2) is 30.7 Å². The summed E-state index contributed by atoms with van der Waals surface area (Å²) in [6, 6.07) is 0.410. The maximum absolute atomic E-state index is 11.3. The Morgan fingerprint density at radius 1 is 1.38 bits per heavy atom. The zero-order valence-electron chi connectivity index (χ0n) is 8.58. The van der Waals surface area contributed by atoms with Crippen LogP contribution in [0.15, 0.2) is 0 Å². The quantitative estimate of drug-likeness (QED) is 0.661. The topological polar surface area (TPSA) is 29.5 Å². The van der Waals surface area contributed by atoms with Crippen LogP contribution in [0.2, 0.25) is 0 Å². The second-order valence-electron chi connectivity index (χ2n) is 3.60. The van der Waals surface area contributed by atoms with Crippen molar-refractivity contribution in [3.05, 3.63) is 0 Å². The number of amides is 1. The van der Waals surface area contributed by atoms with E-state index in [0.29, 0.717) is 12.6 Å². The normalized spacial score (nSPS) is 18.3. The predicted molar refractivity (Wildman–Crippen MR) is 51.7 cm³/mol. The van der Waals surface area contributed by atoms with Gasteiger partial charge >= 0.3 is 6.09 Å². The minimum atomic E-state index is -0.172. The summed E-state index contributed by atoms with van der Waals surface area (Å²) >= 11 is 0. The molecule has 0 radical (unpaired) electrons. The lowest BCUT2D eigenvalue weighted by atomic mass is 9.95. The van der Waals surface area contributed by atoms with Gasteiger partial charge in [-0.15, -0.1) is 0 Å². The van der Waals surface area contributed by atoms with Crippen molar-refractivity contribution in [3.63, 3.8) is 0 Å². The SMILES string of the molecule is CCOC(=O)N(C)C1CCCCC1. The Hall–Kier alpha value is -0.730. The maximum Gasteiger partial charge on any atom is 0.409 e. The Bertz CT molecular complexity index is 164. The van der Waals surface area contributed by atoms with Crippen molar-refractivity contribution in [2.75, 3.05) is 13.7 Å². The van der Waals surface area contributed by atoms with E-state index in [1.807, 2.05) is 14.0 Å². The average Bonchev–Trinajstić information content (AvgIpc) is 2.18. The number of nitrogens with zero attached hydrogens (tertiary/aromatic N) is 1. The number of carbonyl (C=O) groups excluding carboxylic acids is 1. The lowest BCUT2D eigenvalue weighted by molar-refractivity contribution is 0.0932. The molecule has 3 nitrogen and oxygen atoms in total. The van der Waals surface area contributed by atoms with E-state index < -0.39 is 0 Å². The smallest absolute Gasteiger partial charge is 0.409 e. The molecule has 0 atom stereocenters. The molecule has 0 saturated heterocycles. The third-order valence-corrected chi connectivity index (χ3v) is 2.68. The summed E-state index contributed by atoms with van der Waals surface area (Å²) in [6.45, 7) is 2.31. The zero-order chi connectivity index (χ0) is 9.68. The van der Waals surface area contributed by atoms with Gasteiger partial charge in [-0.3, -0.25) is 0 Å². The van der Waals surface area contributed by atoms with E-state index in [0.717, 1.165) is 12.8 Å². The molecular formula is C10H19NO2. The first-order valence-electron chi connectivity index (χ1n) is 5.15. The first-order chi connectivity index (χ1) is 6.25. The van der Waals surface area contributed by atoms with Gasteiger partial charge in [0.1, 0.15) is 0 Å². The van der Waals surface area contributed by atoms with E-state index in [9.17, 15) is 4.79 Å². The highest BCUT2D eigenvalue weighted by Crippen LogP contribution is 2.21. The molecule has 1 aliphatic carbocycles. The number of hydrogen-bond donors (Lipinski definition) is 0. The van der Waals surface area contributed by atoms with Gasteiger partial charge in [0.2, 0.25) is 0 Å². The molecule has 0 aromatic rings. The van der Waals surface area contributed by atoms with Gasteiger partial charge in [0.25, 0.3) is 0 Å². The summed E-state index contributed by atoms with van der Waals surface area (Å²) in [5, 5.41) is 0. The maximum atomic E-state index is 11.3. The summed E-state index contributed by atoms with van der Waals surface area (Å²) in [7, 11) is 1.84. The second kappa shape index (κ2) is 5.10. The average molecular weight is 185 g/mol. The van der Waals surface area contributed by atoms with Gasteiger partial charge < -0.3 is 9.64 Å². The van der Waals surface area contributed by atoms with E-state index in [1.165, 1.54) is 19.3 Å². The van der Waals surface area contributed by atoms with Gasteiger partial charge in [-0.05, 0) is 19.8 Å². The van der Waals surface area contributed by atoms with E-state index in [4.69, 9.17) is 4.74 Å². The molecule has 13 heavy (non-hydrogen) atoms. The minimum absolute atomic E-state index is 0.172. The largest absolute Gasteiger partial charge is 0.450 e. The van der Waals surface area contributed by atoms with Gasteiger partial charge in [-0.1, -0.05) is 19.3 Å².